The van der Waals surface area contributed by atoms with Gasteiger partial charge in [0.15, 0.2) is 0 Å². The van der Waals surface area contributed by atoms with Crippen molar-refractivity contribution in [3.8, 4) is 0 Å². The van der Waals surface area contributed by atoms with Gasteiger partial charge in [-0.15, -0.1) is 0 Å². The molecule has 1 aromatic rings. The van der Waals surface area contributed by atoms with Crippen LogP contribution in [0.1, 0.15) is 111 Å². The fourth-order valence-electron chi connectivity index (χ4n) is 10.5. The van der Waals surface area contributed by atoms with Crippen LogP contribution in [0.5, 0.6) is 0 Å². The van der Waals surface area contributed by atoms with Gasteiger partial charge in [0.05, 0.1) is 5.69 Å². The van der Waals surface area contributed by atoms with Gasteiger partial charge in [0.2, 0.25) is 0 Å². The smallest absolute Gasteiger partial charge is 0.414 e. The van der Waals surface area contributed by atoms with Gasteiger partial charge in [-0.25, -0.2) is 4.79 Å². The highest BCUT2D eigenvalue weighted by Gasteiger charge is 2.59. The summed E-state index contributed by atoms with van der Waals surface area (Å²) in [6.07, 6.45) is 17.8. The summed E-state index contributed by atoms with van der Waals surface area (Å²) in [4.78, 5) is 15.0. The zero-order chi connectivity index (χ0) is 27.4. The van der Waals surface area contributed by atoms with E-state index in [0.29, 0.717) is 10.8 Å². The van der Waals surface area contributed by atoms with Gasteiger partial charge in [0.25, 0.3) is 0 Å². The van der Waals surface area contributed by atoms with Crippen LogP contribution in [0.15, 0.2) is 35.9 Å². The molecular formula is C36H53NO2. The quantitative estimate of drug-likeness (QED) is 0.342. The Labute approximate surface area is 238 Å². The fraction of sp³-hybridized carbons (Fsp3) is 0.750. The molecule has 0 aromatic heterocycles. The molecule has 0 spiro atoms. The predicted molar refractivity (Wildman–Crippen MR) is 161 cm³/mol. The second kappa shape index (κ2) is 10.6. The summed E-state index contributed by atoms with van der Waals surface area (Å²) in [5.41, 5.74) is 4.75. The number of para-hydroxylation sites is 1. The van der Waals surface area contributed by atoms with Crippen LogP contribution < -0.4 is 4.90 Å². The Bertz CT molecular complexity index is 1090. The molecule has 1 heterocycles. The van der Waals surface area contributed by atoms with Gasteiger partial charge >= 0.3 is 6.09 Å². The van der Waals surface area contributed by atoms with E-state index in [0.717, 1.165) is 67.0 Å². The molecule has 214 valence electrons. The van der Waals surface area contributed by atoms with Gasteiger partial charge in [-0.05, 0) is 109 Å². The average molecular weight is 532 g/mol. The van der Waals surface area contributed by atoms with Crippen molar-refractivity contribution in [3.05, 3.63) is 41.5 Å². The van der Waals surface area contributed by atoms with Gasteiger partial charge in [0.1, 0.15) is 6.10 Å². The van der Waals surface area contributed by atoms with Crippen LogP contribution in [-0.4, -0.2) is 18.7 Å². The number of anilines is 1. The third-order valence-corrected chi connectivity index (χ3v) is 12.6. The Balaban J connectivity index is 1.11. The first-order chi connectivity index (χ1) is 18.7. The molecule has 0 N–H and O–H groups in total. The maximum absolute atomic E-state index is 13.2. The minimum atomic E-state index is -0.143. The number of allylic oxidation sites excluding steroid dienone is 1. The number of hydrogen-bond donors (Lipinski definition) is 0. The molecule has 3 heteroatoms. The van der Waals surface area contributed by atoms with Crippen LogP contribution in [-0.2, 0) is 11.2 Å². The summed E-state index contributed by atoms with van der Waals surface area (Å²) in [6, 6.07) is 8.27. The summed E-state index contributed by atoms with van der Waals surface area (Å²) in [6.45, 7) is 13.3. The summed E-state index contributed by atoms with van der Waals surface area (Å²) >= 11 is 0. The van der Waals surface area contributed by atoms with Crippen LogP contribution in [0, 0.1) is 46.3 Å². The van der Waals surface area contributed by atoms with Crippen molar-refractivity contribution in [2.24, 2.45) is 46.3 Å². The number of nitrogens with zero attached hydrogens (tertiary/aromatic N) is 1. The van der Waals surface area contributed by atoms with E-state index in [9.17, 15) is 4.79 Å². The highest BCUT2D eigenvalue weighted by Crippen LogP contribution is 2.67. The second-order valence-electron chi connectivity index (χ2n) is 15.1. The number of carbonyl (C=O) groups excluding carboxylic acids is 1. The first-order valence-electron chi connectivity index (χ1n) is 16.5. The van der Waals surface area contributed by atoms with E-state index >= 15 is 0 Å². The van der Waals surface area contributed by atoms with Crippen LogP contribution in [0.25, 0.3) is 0 Å². The van der Waals surface area contributed by atoms with E-state index in [2.05, 4.69) is 58.9 Å². The van der Waals surface area contributed by atoms with Gasteiger partial charge in [-0.2, -0.15) is 0 Å². The molecule has 1 aromatic carbocycles. The predicted octanol–water partition coefficient (Wildman–Crippen LogP) is 9.60. The highest BCUT2D eigenvalue weighted by molar-refractivity contribution is 5.90. The Morgan fingerprint density at radius 1 is 1.03 bits per heavy atom. The number of rotatable bonds is 6. The molecule has 0 saturated heterocycles. The third kappa shape index (κ3) is 4.78. The molecule has 0 radical (unpaired) electrons. The maximum atomic E-state index is 13.2. The van der Waals surface area contributed by atoms with E-state index in [-0.39, 0.29) is 12.2 Å². The van der Waals surface area contributed by atoms with E-state index in [1.165, 1.54) is 63.4 Å². The number of ether oxygens (including phenoxy) is 1. The largest absolute Gasteiger partial charge is 0.446 e. The highest BCUT2D eigenvalue weighted by atomic mass is 16.6. The van der Waals surface area contributed by atoms with Crippen molar-refractivity contribution >= 4 is 11.8 Å². The van der Waals surface area contributed by atoms with Crippen molar-refractivity contribution in [1.29, 1.82) is 0 Å². The zero-order valence-electron chi connectivity index (χ0n) is 25.4. The molecule has 39 heavy (non-hydrogen) atoms. The first-order valence-corrected chi connectivity index (χ1v) is 16.5. The average Bonchev–Trinajstić information content (AvgIpc) is 3.50. The van der Waals surface area contributed by atoms with E-state index < -0.39 is 0 Å². The lowest BCUT2D eigenvalue weighted by Crippen LogP contribution is -2.51. The second-order valence-corrected chi connectivity index (χ2v) is 15.1. The minimum Gasteiger partial charge on any atom is -0.446 e. The van der Waals surface area contributed by atoms with Gasteiger partial charge in [-0.1, -0.05) is 83.7 Å². The molecular weight excluding hydrogens is 478 g/mol. The lowest BCUT2D eigenvalue weighted by Gasteiger charge is -2.58. The van der Waals surface area contributed by atoms with Gasteiger partial charge < -0.3 is 4.74 Å². The van der Waals surface area contributed by atoms with Gasteiger partial charge in [0, 0.05) is 13.0 Å². The van der Waals surface area contributed by atoms with Crippen molar-refractivity contribution in [2.45, 2.75) is 118 Å². The minimum absolute atomic E-state index is 0.0255. The SMILES string of the molecule is CC(C)CCCC(C)C1CCC2C3CC=C4CC(OC(=O)N5CCc6ccccc65)CCC4(C)C3CCC12C. The summed E-state index contributed by atoms with van der Waals surface area (Å²) in [5, 5.41) is 0. The first kappa shape index (κ1) is 27.4. The molecule has 8 atom stereocenters. The van der Waals surface area contributed by atoms with E-state index in [1.807, 2.05) is 11.0 Å². The third-order valence-electron chi connectivity index (χ3n) is 12.6. The summed E-state index contributed by atoms with van der Waals surface area (Å²) in [5.74, 6) is 5.18. The summed E-state index contributed by atoms with van der Waals surface area (Å²) < 4.78 is 6.18. The van der Waals surface area contributed by atoms with Crippen molar-refractivity contribution < 1.29 is 9.53 Å². The topological polar surface area (TPSA) is 29.5 Å². The van der Waals surface area contributed by atoms with Crippen LogP contribution >= 0.6 is 0 Å². The Morgan fingerprint density at radius 3 is 2.67 bits per heavy atom. The number of benzene rings is 1. The molecule has 1 amide bonds. The molecule has 8 unspecified atom stereocenters. The van der Waals surface area contributed by atoms with Crippen LogP contribution in [0.2, 0.25) is 0 Å². The number of amides is 1. The lowest BCUT2D eigenvalue weighted by atomic mass is 9.47. The molecule has 5 aliphatic rings. The number of hydrogen-bond acceptors (Lipinski definition) is 2. The normalized spacial score (nSPS) is 37.9. The number of carbonyl (C=O) groups is 1. The van der Waals surface area contributed by atoms with E-state index in [4.69, 9.17) is 4.74 Å². The molecule has 6 rings (SSSR count). The van der Waals surface area contributed by atoms with E-state index in [1.54, 1.807) is 5.57 Å². The van der Waals surface area contributed by atoms with Crippen LogP contribution in [0.4, 0.5) is 10.5 Å². The number of fused-ring (bicyclic) bond motifs is 6. The van der Waals surface area contributed by atoms with Gasteiger partial charge in [-0.3, -0.25) is 4.90 Å². The fourth-order valence-corrected chi connectivity index (χ4v) is 10.5. The molecule has 3 saturated carbocycles. The van der Waals surface area contributed by atoms with Crippen molar-refractivity contribution in [1.82, 2.24) is 0 Å². The monoisotopic (exact) mass is 531 g/mol. The van der Waals surface area contributed by atoms with Crippen LogP contribution in [0.3, 0.4) is 0 Å². The molecule has 0 bridgehead atoms. The Hall–Kier alpha value is -1.77. The molecule has 1 aliphatic heterocycles. The summed E-state index contributed by atoms with van der Waals surface area (Å²) in [7, 11) is 0. The Morgan fingerprint density at radius 2 is 1.85 bits per heavy atom. The molecule has 3 fully saturated rings. The lowest BCUT2D eigenvalue weighted by molar-refractivity contribution is -0.0579. The molecule has 3 nitrogen and oxygen atoms in total. The Kier molecular flexibility index (Phi) is 7.43. The van der Waals surface area contributed by atoms with Crippen molar-refractivity contribution in [3.63, 3.8) is 0 Å². The molecule has 4 aliphatic carbocycles. The maximum Gasteiger partial charge on any atom is 0.414 e. The standard InChI is InChI=1S/C36H53NO2/c1-24(2)9-8-10-25(3)30-15-16-31-29-14-13-27-23-28(17-20-35(27,4)32(29)18-21-36(30,31)5)39-34(38)37-22-19-26-11-6-7-12-33(26)37/h6-7,11-13,24-25,28-32H,8-10,14-23H2,1-5H3. The zero-order valence-corrected chi connectivity index (χ0v) is 25.4. The van der Waals surface area contributed by atoms with Crippen molar-refractivity contribution in [2.75, 3.05) is 11.4 Å².